The number of aliphatic hydroxyl groups is 1. The second-order valence-corrected chi connectivity index (χ2v) is 9.85. The monoisotopic (exact) mass is 527 g/mol. The fourth-order valence-electron chi connectivity index (χ4n) is 4.69. The van der Waals surface area contributed by atoms with E-state index < -0.39 is 29.4 Å². The first kappa shape index (κ1) is 26.3. The Morgan fingerprint density at radius 3 is 2.79 bits per heavy atom. The summed E-state index contributed by atoms with van der Waals surface area (Å²) in [4.78, 5) is 28.9. The number of rotatable bonds is 7. The van der Waals surface area contributed by atoms with Gasteiger partial charge < -0.3 is 24.9 Å². The molecule has 0 saturated carbocycles. The zero-order valence-corrected chi connectivity index (χ0v) is 21.5. The van der Waals surface area contributed by atoms with Crippen molar-refractivity contribution in [1.82, 2.24) is 20.2 Å². The first-order chi connectivity index (χ1) is 18.8. The number of nitrogens with one attached hydrogen (secondary N) is 2. The van der Waals surface area contributed by atoms with Crippen molar-refractivity contribution in [1.29, 1.82) is 5.26 Å². The molecule has 0 aliphatic carbocycles. The first-order valence-electron chi connectivity index (χ1n) is 12.7. The average molecular weight is 528 g/mol. The number of ether oxygens (including phenoxy) is 1. The van der Waals surface area contributed by atoms with Crippen LogP contribution in [0.2, 0.25) is 0 Å². The zero-order valence-electron chi connectivity index (χ0n) is 21.5. The number of pyridine rings is 1. The van der Waals surface area contributed by atoms with Gasteiger partial charge in [-0.25, -0.2) is 4.79 Å². The van der Waals surface area contributed by atoms with Crippen LogP contribution in [0.4, 0.5) is 0 Å². The van der Waals surface area contributed by atoms with Crippen molar-refractivity contribution < 1.29 is 19.1 Å². The molecule has 1 aliphatic heterocycles. The molecule has 0 radical (unpaired) electrons. The normalized spacial score (nSPS) is 20.2. The molecule has 4 aromatic rings. The number of nitrogens with zero attached hydrogens (tertiary/aromatic N) is 3. The van der Waals surface area contributed by atoms with Crippen LogP contribution in [-0.2, 0) is 29.4 Å². The quantitative estimate of drug-likeness (QED) is 0.330. The van der Waals surface area contributed by atoms with Crippen molar-refractivity contribution in [3.63, 3.8) is 0 Å². The van der Waals surface area contributed by atoms with Gasteiger partial charge in [-0.1, -0.05) is 36.4 Å². The van der Waals surface area contributed by atoms with E-state index in [1.807, 2.05) is 54.6 Å². The maximum atomic E-state index is 12.9. The van der Waals surface area contributed by atoms with E-state index in [4.69, 9.17) is 9.15 Å². The summed E-state index contributed by atoms with van der Waals surface area (Å²) in [7, 11) is 1.66. The Kier molecular flexibility index (Phi) is 7.56. The van der Waals surface area contributed by atoms with Gasteiger partial charge in [-0.2, -0.15) is 5.26 Å². The van der Waals surface area contributed by atoms with E-state index in [9.17, 15) is 20.0 Å². The van der Waals surface area contributed by atoms with Crippen LogP contribution < -0.4 is 16.4 Å². The van der Waals surface area contributed by atoms with Gasteiger partial charge in [-0.3, -0.25) is 14.3 Å². The molecular formula is C29H29N5O5. The van der Waals surface area contributed by atoms with Gasteiger partial charge >= 0.3 is 5.76 Å². The molecular weight excluding hydrogens is 498 g/mol. The summed E-state index contributed by atoms with van der Waals surface area (Å²) in [5.41, 5.74) is 3.53. The van der Waals surface area contributed by atoms with Crippen molar-refractivity contribution in [2.24, 2.45) is 7.05 Å². The molecule has 3 heterocycles. The second kappa shape index (κ2) is 11.2. The van der Waals surface area contributed by atoms with Crippen LogP contribution in [0.15, 0.2) is 76.1 Å². The SMILES string of the molecule is Cn1c(=O)oc2ccc(-c3ccc(CC(C#N)NC(=O)C4CNCC(O)(Cc5ccccn5)CO4)cc3)cc21. The molecule has 1 aliphatic rings. The summed E-state index contributed by atoms with van der Waals surface area (Å²) in [5.74, 6) is -0.820. The number of β-amino-alcohol motifs (C(OH)–C–C–N with tert-alkyl or cyclic N) is 1. The summed E-state index contributed by atoms with van der Waals surface area (Å²) in [6.07, 6.45) is 1.44. The third-order valence-electron chi connectivity index (χ3n) is 6.86. The zero-order chi connectivity index (χ0) is 27.4. The highest BCUT2D eigenvalue weighted by molar-refractivity contribution is 5.82. The van der Waals surface area contributed by atoms with E-state index in [0.717, 1.165) is 22.4 Å². The molecule has 1 saturated heterocycles. The molecule has 3 unspecified atom stereocenters. The van der Waals surface area contributed by atoms with E-state index in [1.54, 1.807) is 19.3 Å². The van der Waals surface area contributed by atoms with Gasteiger partial charge in [-0.15, -0.1) is 0 Å². The van der Waals surface area contributed by atoms with Gasteiger partial charge in [0.1, 0.15) is 17.7 Å². The Morgan fingerprint density at radius 2 is 2.05 bits per heavy atom. The summed E-state index contributed by atoms with van der Waals surface area (Å²) < 4.78 is 12.4. The smallest absolute Gasteiger partial charge is 0.408 e. The molecule has 0 spiro atoms. The van der Waals surface area contributed by atoms with Crippen molar-refractivity contribution in [2.75, 3.05) is 19.7 Å². The summed E-state index contributed by atoms with van der Waals surface area (Å²) in [5, 5.41) is 26.5. The van der Waals surface area contributed by atoms with Gasteiger partial charge in [0.25, 0.3) is 5.91 Å². The molecule has 3 N–H and O–H groups in total. The third kappa shape index (κ3) is 6.07. The number of carbonyl (C=O) groups excluding carboxylic acids is 1. The number of fused-ring (bicyclic) bond motifs is 1. The molecule has 3 atom stereocenters. The summed E-state index contributed by atoms with van der Waals surface area (Å²) in [6, 6.07) is 20.1. The summed E-state index contributed by atoms with van der Waals surface area (Å²) >= 11 is 0. The fraction of sp³-hybridized carbons (Fsp3) is 0.310. The number of benzene rings is 2. The van der Waals surface area contributed by atoms with Crippen molar-refractivity contribution in [3.8, 4) is 17.2 Å². The van der Waals surface area contributed by atoms with Gasteiger partial charge in [0.15, 0.2) is 5.58 Å². The molecule has 1 fully saturated rings. The number of amides is 1. The van der Waals surface area contributed by atoms with Crippen LogP contribution in [0.25, 0.3) is 22.2 Å². The highest BCUT2D eigenvalue weighted by atomic mass is 16.5. The minimum Gasteiger partial charge on any atom is -0.408 e. The van der Waals surface area contributed by atoms with E-state index in [1.165, 1.54) is 4.57 Å². The first-order valence-corrected chi connectivity index (χ1v) is 12.7. The lowest BCUT2D eigenvalue weighted by Gasteiger charge is -2.25. The molecule has 2 aromatic carbocycles. The van der Waals surface area contributed by atoms with Crippen LogP contribution in [-0.4, -0.2) is 58.0 Å². The maximum Gasteiger partial charge on any atom is 0.419 e. The second-order valence-electron chi connectivity index (χ2n) is 9.85. The van der Waals surface area contributed by atoms with Gasteiger partial charge in [0.05, 0.1) is 18.2 Å². The molecule has 10 heteroatoms. The van der Waals surface area contributed by atoms with Crippen molar-refractivity contribution in [2.45, 2.75) is 30.6 Å². The number of hydrogen-bond acceptors (Lipinski definition) is 8. The number of aryl methyl sites for hydroxylation is 1. The van der Waals surface area contributed by atoms with E-state index in [2.05, 4.69) is 21.7 Å². The van der Waals surface area contributed by atoms with Crippen molar-refractivity contribution in [3.05, 3.63) is 88.7 Å². The Balaban J connectivity index is 1.18. The minimum atomic E-state index is -1.20. The van der Waals surface area contributed by atoms with Crippen LogP contribution in [0.5, 0.6) is 0 Å². The van der Waals surface area contributed by atoms with Gasteiger partial charge in [0.2, 0.25) is 0 Å². The lowest BCUT2D eigenvalue weighted by atomic mass is 9.98. The maximum absolute atomic E-state index is 12.9. The molecule has 5 rings (SSSR count). The molecule has 2 aromatic heterocycles. The standard InChI is InChI=1S/C29H29N5O5/c1-34-24-13-21(9-10-25(24)39-28(34)36)20-7-5-19(6-8-20)12-23(15-30)33-27(35)26-16-31-17-29(37,18-38-26)14-22-4-2-3-11-32-22/h2-11,13,23,26,31,37H,12,14,16-18H2,1H3,(H,33,35). The molecule has 39 heavy (non-hydrogen) atoms. The fourth-order valence-corrected chi connectivity index (χ4v) is 4.69. The Bertz CT molecular complexity index is 1560. The van der Waals surface area contributed by atoms with Gasteiger partial charge in [-0.05, 0) is 41.0 Å². The predicted molar refractivity (Wildman–Crippen MR) is 144 cm³/mol. The lowest BCUT2D eigenvalue weighted by Crippen LogP contribution is -2.46. The topological polar surface area (TPSA) is 142 Å². The highest BCUT2D eigenvalue weighted by Crippen LogP contribution is 2.24. The predicted octanol–water partition coefficient (Wildman–Crippen LogP) is 1.71. The Labute approximate surface area is 224 Å². The van der Waals surface area contributed by atoms with Crippen LogP contribution in [0, 0.1) is 11.3 Å². The third-order valence-corrected chi connectivity index (χ3v) is 6.86. The molecule has 10 nitrogen and oxygen atoms in total. The van der Waals surface area contributed by atoms with Crippen molar-refractivity contribution >= 4 is 17.0 Å². The van der Waals surface area contributed by atoms with Crippen LogP contribution in [0.1, 0.15) is 11.3 Å². The Morgan fingerprint density at radius 1 is 1.26 bits per heavy atom. The van der Waals surface area contributed by atoms with Gasteiger partial charge in [0, 0.05) is 44.9 Å². The number of nitriles is 1. The van der Waals surface area contributed by atoms with Crippen LogP contribution in [0.3, 0.4) is 0 Å². The lowest BCUT2D eigenvalue weighted by molar-refractivity contribution is -0.135. The number of carbonyl (C=O) groups is 1. The van der Waals surface area contributed by atoms with E-state index >= 15 is 0 Å². The molecule has 1 amide bonds. The number of oxazole rings is 1. The van der Waals surface area contributed by atoms with E-state index in [0.29, 0.717) is 23.9 Å². The average Bonchev–Trinajstić information content (AvgIpc) is 3.09. The summed E-state index contributed by atoms with van der Waals surface area (Å²) in [6.45, 7) is 0.438. The Hall–Kier alpha value is -4.30. The molecule has 200 valence electrons. The van der Waals surface area contributed by atoms with E-state index in [-0.39, 0.29) is 19.7 Å². The number of aromatic nitrogens is 2. The highest BCUT2D eigenvalue weighted by Gasteiger charge is 2.35. The molecule has 0 bridgehead atoms. The minimum absolute atomic E-state index is 0.0356. The number of hydrogen-bond donors (Lipinski definition) is 3. The van der Waals surface area contributed by atoms with Crippen LogP contribution >= 0.6 is 0 Å². The largest absolute Gasteiger partial charge is 0.419 e.